The van der Waals surface area contributed by atoms with Gasteiger partial charge in [-0.3, -0.25) is 4.79 Å². The molecule has 1 amide bonds. The highest BCUT2D eigenvalue weighted by Gasteiger charge is 2.26. The number of rotatable bonds is 2. The highest BCUT2D eigenvalue weighted by Crippen LogP contribution is 2.29. The van der Waals surface area contributed by atoms with Crippen LogP contribution in [0.5, 0.6) is 0 Å². The van der Waals surface area contributed by atoms with Crippen LogP contribution < -0.4 is 10.6 Å². The van der Waals surface area contributed by atoms with Crippen molar-refractivity contribution in [1.29, 1.82) is 0 Å². The average Bonchev–Trinajstić information content (AvgIpc) is 2.93. The van der Waals surface area contributed by atoms with Crippen molar-refractivity contribution in [2.24, 2.45) is 0 Å². The van der Waals surface area contributed by atoms with Gasteiger partial charge in [-0.2, -0.15) is 0 Å². The zero-order valence-corrected chi connectivity index (χ0v) is 10.6. The molecule has 1 aliphatic carbocycles. The van der Waals surface area contributed by atoms with E-state index in [0.717, 1.165) is 32.2 Å². The van der Waals surface area contributed by atoms with E-state index in [4.69, 9.17) is 0 Å². The van der Waals surface area contributed by atoms with Gasteiger partial charge < -0.3 is 10.6 Å². The summed E-state index contributed by atoms with van der Waals surface area (Å²) in [4.78, 5) is 12.1. The molecule has 0 spiro atoms. The highest BCUT2D eigenvalue weighted by molar-refractivity contribution is 5.82. The molecule has 0 saturated carbocycles. The molecule has 2 aliphatic rings. The second kappa shape index (κ2) is 5.11. The maximum atomic E-state index is 12.1. The Hall–Kier alpha value is -1.35. The Labute approximate surface area is 108 Å². The molecule has 3 heteroatoms. The van der Waals surface area contributed by atoms with Crippen molar-refractivity contribution < 1.29 is 4.79 Å². The third kappa shape index (κ3) is 2.27. The van der Waals surface area contributed by atoms with Crippen LogP contribution in [0.3, 0.4) is 0 Å². The molecule has 1 unspecified atom stereocenters. The number of carbonyl (C=O) groups excluding carboxylic acids is 1. The van der Waals surface area contributed by atoms with Crippen LogP contribution in [0.1, 0.15) is 42.9 Å². The zero-order valence-electron chi connectivity index (χ0n) is 10.6. The summed E-state index contributed by atoms with van der Waals surface area (Å²) in [6.07, 6.45) is 5.46. The quantitative estimate of drug-likeness (QED) is 0.834. The zero-order chi connectivity index (χ0) is 12.4. The van der Waals surface area contributed by atoms with E-state index in [2.05, 4.69) is 34.9 Å². The van der Waals surface area contributed by atoms with Gasteiger partial charge in [0.25, 0.3) is 0 Å². The molecule has 2 N–H and O–H groups in total. The minimum absolute atomic E-state index is 0.0269. The van der Waals surface area contributed by atoms with Crippen LogP contribution in [0.2, 0.25) is 0 Å². The Morgan fingerprint density at radius 2 is 2.11 bits per heavy atom. The summed E-state index contributed by atoms with van der Waals surface area (Å²) in [5, 5.41) is 6.47. The molecule has 3 nitrogen and oxygen atoms in total. The number of hydrogen-bond acceptors (Lipinski definition) is 2. The van der Waals surface area contributed by atoms with E-state index < -0.39 is 0 Å². The Balaban J connectivity index is 1.72. The maximum Gasteiger partial charge on any atom is 0.237 e. The third-order valence-electron chi connectivity index (χ3n) is 4.06. The number of hydrogen-bond donors (Lipinski definition) is 2. The summed E-state index contributed by atoms with van der Waals surface area (Å²) in [6, 6.07) is 8.73. The second-order valence-corrected chi connectivity index (χ2v) is 5.30. The van der Waals surface area contributed by atoms with E-state index in [0.29, 0.717) is 0 Å². The number of benzene rings is 1. The molecule has 0 bridgehead atoms. The molecule has 18 heavy (non-hydrogen) atoms. The number of nitrogens with one attached hydrogen (secondary N) is 2. The van der Waals surface area contributed by atoms with Crippen molar-refractivity contribution >= 4 is 5.91 Å². The van der Waals surface area contributed by atoms with Crippen molar-refractivity contribution in [2.45, 2.75) is 44.2 Å². The lowest BCUT2D eigenvalue weighted by molar-refractivity contribution is -0.123. The largest absolute Gasteiger partial charge is 0.348 e. The molecule has 1 aromatic carbocycles. The predicted octanol–water partition coefficient (Wildman–Crippen LogP) is 1.93. The fourth-order valence-corrected chi connectivity index (χ4v) is 3.08. The molecule has 1 fully saturated rings. The lowest BCUT2D eigenvalue weighted by Gasteiger charge is -2.27. The van der Waals surface area contributed by atoms with Crippen molar-refractivity contribution in [2.75, 3.05) is 6.54 Å². The molecular weight excluding hydrogens is 224 g/mol. The first-order valence-corrected chi connectivity index (χ1v) is 6.96. The van der Waals surface area contributed by atoms with E-state index in [1.807, 2.05) is 0 Å². The lowest BCUT2D eigenvalue weighted by Crippen LogP contribution is -2.42. The van der Waals surface area contributed by atoms with E-state index in [9.17, 15) is 4.79 Å². The lowest BCUT2D eigenvalue weighted by atomic mass is 9.87. The standard InChI is InChI=1S/C15H20N2O/c18-15(14-9-4-10-16-14)17-13-8-3-6-11-5-1-2-7-12(11)13/h1-2,5,7,13-14,16H,3-4,6,8-10H2,(H,17,18)/t13?,14-/m1/s1. The minimum atomic E-state index is 0.0269. The molecular formula is C15H20N2O. The summed E-state index contributed by atoms with van der Waals surface area (Å²) >= 11 is 0. The summed E-state index contributed by atoms with van der Waals surface area (Å²) in [5.74, 6) is 0.175. The first-order chi connectivity index (χ1) is 8.84. The topological polar surface area (TPSA) is 41.1 Å². The summed E-state index contributed by atoms with van der Waals surface area (Å²) in [5.41, 5.74) is 2.71. The predicted molar refractivity (Wildman–Crippen MR) is 71.3 cm³/mol. The van der Waals surface area contributed by atoms with Gasteiger partial charge in [-0.25, -0.2) is 0 Å². The van der Waals surface area contributed by atoms with Crippen LogP contribution in [-0.2, 0) is 11.2 Å². The van der Waals surface area contributed by atoms with Crippen LogP contribution in [0.25, 0.3) is 0 Å². The van der Waals surface area contributed by atoms with Gasteiger partial charge in [0.1, 0.15) is 0 Å². The molecule has 2 atom stereocenters. The van der Waals surface area contributed by atoms with Gasteiger partial charge in [0.05, 0.1) is 12.1 Å². The monoisotopic (exact) mass is 244 g/mol. The molecule has 1 saturated heterocycles. The number of amides is 1. The SMILES string of the molecule is O=C(NC1CCCc2ccccc21)[C@H]1CCCN1. The van der Waals surface area contributed by atoms with Gasteiger partial charge in [-0.15, -0.1) is 0 Å². The third-order valence-corrected chi connectivity index (χ3v) is 4.06. The van der Waals surface area contributed by atoms with Crippen LogP contribution in [0, 0.1) is 0 Å². The molecule has 0 radical (unpaired) electrons. The molecule has 3 rings (SSSR count). The van der Waals surface area contributed by atoms with Gasteiger partial charge >= 0.3 is 0 Å². The summed E-state index contributed by atoms with van der Waals surface area (Å²) in [6.45, 7) is 0.972. The Morgan fingerprint density at radius 1 is 1.22 bits per heavy atom. The minimum Gasteiger partial charge on any atom is -0.348 e. The molecule has 1 heterocycles. The summed E-state index contributed by atoms with van der Waals surface area (Å²) < 4.78 is 0. The first-order valence-electron chi connectivity index (χ1n) is 6.96. The molecule has 96 valence electrons. The normalized spacial score (nSPS) is 26.7. The molecule has 1 aliphatic heterocycles. The number of aryl methyl sites for hydroxylation is 1. The average molecular weight is 244 g/mol. The fourth-order valence-electron chi connectivity index (χ4n) is 3.08. The van der Waals surface area contributed by atoms with Gasteiger partial charge in [0.2, 0.25) is 5.91 Å². The smallest absolute Gasteiger partial charge is 0.237 e. The van der Waals surface area contributed by atoms with E-state index >= 15 is 0 Å². The van der Waals surface area contributed by atoms with E-state index in [1.54, 1.807) is 0 Å². The molecule has 0 aromatic heterocycles. The first kappa shape index (κ1) is 11.7. The molecule has 1 aromatic rings. The Morgan fingerprint density at radius 3 is 2.94 bits per heavy atom. The Bertz CT molecular complexity index is 438. The van der Waals surface area contributed by atoms with Gasteiger partial charge in [-0.1, -0.05) is 24.3 Å². The summed E-state index contributed by atoms with van der Waals surface area (Å²) in [7, 11) is 0. The van der Waals surface area contributed by atoms with Crippen molar-refractivity contribution in [3.63, 3.8) is 0 Å². The van der Waals surface area contributed by atoms with E-state index in [-0.39, 0.29) is 18.0 Å². The second-order valence-electron chi connectivity index (χ2n) is 5.30. The van der Waals surface area contributed by atoms with Gasteiger partial charge in [-0.05, 0) is 49.8 Å². The van der Waals surface area contributed by atoms with Crippen LogP contribution in [0.15, 0.2) is 24.3 Å². The van der Waals surface area contributed by atoms with Crippen LogP contribution >= 0.6 is 0 Å². The number of carbonyl (C=O) groups is 1. The fraction of sp³-hybridized carbons (Fsp3) is 0.533. The van der Waals surface area contributed by atoms with Gasteiger partial charge in [0, 0.05) is 0 Å². The van der Waals surface area contributed by atoms with E-state index in [1.165, 1.54) is 17.5 Å². The number of fused-ring (bicyclic) bond motifs is 1. The van der Waals surface area contributed by atoms with Crippen molar-refractivity contribution in [3.05, 3.63) is 35.4 Å². The van der Waals surface area contributed by atoms with Crippen LogP contribution in [0.4, 0.5) is 0 Å². The Kier molecular flexibility index (Phi) is 3.33. The van der Waals surface area contributed by atoms with Crippen LogP contribution in [-0.4, -0.2) is 18.5 Å². The highest BCUT2D eigenvalue weighted by atomic mass is 16.2. The van der Waals surface area contributed by atoms with Gasteiger partial charge in [0.15, 0.2) is 0 Å². The maximum absolute atomic E-state index is 12.1. The van der Waals surface area contributed by atoms with Crippen molar-refractivity contribution in [3.8, 4) is 0 Å². The van der Waals surface area contributed by atoms with Crippen molar-refractivity contribution in [1.82, 2.24) is 10.6 Å².